The molecule has 1 aliphatic heterocycles. The Balaban J connectivity index is 0.00000500. The van der Waals surface area contributed by atoms with Crippen LogP contribution in [0, 0.1) is 0 Å². The molecule has 4 aromatic rings. The summed E-state index contributed by atoms with van der Waals surface area (Å²) in [6, 6.07) is 22.7. The fourth-order valence-corrected chi connectivity index (χ4v) is 5.98. The van der Waals surface area contributed by atoms with Gasteiger partial charge in [-0.3, -0.25) is 14.4 Å². The number of amides is 3. The number of carbonyl (C=O) groups is 2. The van der Waals surface area contributed by atoms with E-state index in [0.717, 1.165) is 44.3 Å². The van der Waals surface area contributed by atoms with Crippen molar-refractivity contribution in [3.63, 3.8) is 0 Å². The van der Waals surface area contributed by atoms with Gasteiger partial charge in [0, 0.05) is 42.9 Å². The standard InChI is InChI=1S/C33H35ClN6O5S.ClH/c1-35-32(41)29-19-27(10-13-30(29)34)38-33(42)37-25-6-4-23(5-7-25)24-15-17-40(18-16-24)21-22-3-14-31(36-20-22)45-28-11-8-26(9-12-28)39-46(2,43)44;/h3-14,19-20,24,39H,15-18,21H2,1-2H3,(H,35,41)(H2,37,38,42);1H. The molecule has 0 bridgehead atoms. The number of carbonyl (C=O) groups excluding carboxylic acids is 2. The van der Waals surface area contributed by atoms with Crippen LogP contribution in [0.5, 0.6) is 11.6 Å². The molecule has 11 nitrogen and oxygen atoms in total. The van der Waals surface area contributed by atoms with Crippen LogP contribution in [0.3, 0.4) is 0 Å². The van der Waals surface area contributed by atoms with Crippen LogP contribution >= 0.6 is 24.0 Å². The van der Waals surface area contributed by atoms with Gasteiger partial charge in [-0.1, -0.05) is 29.8 Å². The third kappa shape index (κ3) is 10.3. The van der Waals surface area contributed by atoms with Crippen molar-refractivity contribution in [1.29, 1.82) is 0 Å². The van der Waals surface area contributed by atoms with Crippen molar-refractivity contribution < 1.29 is 22.7 Å². The van der Waals surface area contributed by atoms with E-state index >= 15 is 0 Å². The van der Waals surface area contributed by atoms with Crippen molar-refractivity contribution in [1.82, 2.24) is 15.2 Å². The quantitative estimate of drug-likeness (QED) is 0.144. The zero-order chi connectivity index (χ0) is 32.7. The fourth-order valence-electron chi connectivity index (χ4n) is 5.22. The topological polar surface area (TPSA) is 142 Å². The molecule has 14 heteroatoms. The number of urea groups is 1. The van der Waals surface area contributed by atoms with Gasteiger partial charge in [0.2, 0.25) is 15.9 Å². The van der Waals surface area contributed by atoms with E-state index in [0.29, 0.717) is 39.6 Å². The van der Waals surface area contributed by atoms with Gasteiger partial charge in [0.1, 0.15) is 5.75 Å². The molecule has 0 saturated carbocycles. The zero-order valence-corrected chi connectivity index (χ0v) is 28.2. The molecule has 1 aliphatic rings. The number of ether oxygens (including phenoxy) is 1. The summed E-state index contributed by atoms with van der Waals surface area (Å²) in [4.78, 5) is 31.4. The molecule has 1 fully saturated rings. The average Bonchev–Trinajstić information content (AvgIpc) is 3.03. The van der Waals surface area contributed by atoms with Gasteiger partial charge in [-0.25, -0.2) is 18.2 Å². The number of likely N-dealkylation sites (tertiary alicyclic amines) is 1. The van der Waals surface area contributed by atoms with Crippen LogP contribution in [-0.4, -0.2) is 56.6 Å². The van der Waals surface area contributed by atoms with E-state index in [-0.39, 0.29) is 23.9 Å². The predicted octanol–water partition coefficient (Wildman–Crippen LogP) is 6.70. The highest BCUT2D eigenvalue weighted by molar-refractivity contribution is 7.92. The van der Waals surface area contributed by atoms with Crippen LogP contribution in [0.4, 0.5) is 21.9 Å². The van der Waals surface area contributed by atoms with Crippen LogP contribution in [0.25, 0.3) is 0 Å². The number of nitrogens with zero attached hydrogens (tertiary/aromatic N) is 2. The van der Waals surface area contributed by atoms with Gasteiger partial charge in [-0.05, 0) is 97.6 Å². The van der Waals surface area contributed by atoms with Gasteiger partial charge < -0.3 is 20.7 Å². The normalized spacial score (nSPS) is 13.6. The van der Waals surface area contributed by atoms with Crippen LogP contribution in [0.2, 0.25) is 5.02 Å². The molecule has 0 aliphatic carbocycles. The lowest BCUT2D eigenvalue weighted by Gasteiger charge is -2.32. The highest BCUT2D eigenvalue weighted by atomic mass is 35.5. The van der Waals surface area contributed by atoms with Crippen LogP contribution in [-0.2, 0) is 16.6 Å². The molecule has 3 aromatic carbocycles. The van der Waals surface area contributed by atoms with Gasteiger partial charge in [-0.2, -0.15) is 0 Å². The third-order valence-corrected chi connectivity index (χ3v) is 8.44. The first-order valence-electron chi connectivity index (χ1n) is 14.7. The summed E-state index contributed by atoms with van der Waals surface area (Å²) in [7, 11) is -1.82. The molecule has 0 spiro atoms. The summed E-state index contributed by atoms with van der Waals surface area (Å²) < 4.78 is 31.0. The second-order valence-corrected chi connectivity index (χ2v) is 13.2. The minimum absolute atomic E-state index is 0. The van der Waals surface area contributed by atoms with Crippen LogP contribution in [0.15, 0.2) is 85.1 Å². The van der Waals surface area contributed by atoms with Crippen molar-refractivity contribution >= 4 is 63.0 Å². The van der Waals surface area contributed by atoms with Crippen molar-refractivity contribution in [2.75, 3.05) is 41.7 Å². The maximum absolute atomic E-state index is 12.5. The van der Waals surface area contributed by atoms with E-state index in [1.807, 2.05) is 30.5 Å². The van der Waals surface area contributed by atoms with E-state index in [4.69, 9.17) is 16.3 Å². The van der Waals surface area contributed by atoms with Crippen molar-refractivity contribution in [2.45, 2.75) is 25.3 Å². The molecule has 2 heterocycles. The third-order valence-electron chi connectivity index (χ3n) is 7.51. The first-order chi connectivity index (χ1) is 22.0. The summed E-state index contributed by atoms with van der Waals surface area (Å²) in [5, 5.41) is 8.40. The molecule has 0 atom stereocenters. The van der Waals surface area contributed by atoms with Gasteiger partial charge in [0.15, 0.2) is 0 Å². The summed E-state index contributed by atoms with van der Waals surface area (Å²) in [5.74, 6) is 1.12. The molecular formula is C33H36Cl2N6O5S. The number of nitrogens with one attached hydrogen (secondary N) is 4. The highest BCUT2D eigenvalue weighted by Crippen LogP contribution is 2.30. The van der Waals surface area contributed by atoms with Gasteiger partial charge >= 0.3 is 6.03 Å². The van der Waals surface area contributed by atoms with Crippen molar-refractivity contribution in [3.05, 3.63) is 107 Å². The minimum atomic E-state index is -3.33. The van der Waals surface area contributed by atoms with E-state index in [1.54, 1.807) is 36.4 Å². The van der Waals surface area contributed by atoms with Gasteiger partial charge in [0.05, 0.1) is 16.8 Å². The molecule has 1 aromatic heterocycles. The number of anilines is 3. The van der Waals surface area contributed by atoms with Crippen molar-refractivity contribution in [3.8, 4) is 11.6 Å². The molecular weight excluding hydrogens is 663 g/mol. The average molecular weight is 700 g/mol. The van der Waals surface area contributed by atoms with E-state index in [2.05, 4.69) is 42.7 Å². The number of rotatable bonds is 10. The Bertz CT molecular complexity index is 1780. The van der Waals surface area contributed by atoms with E-state index < -0.39 is 16.1 Å². The maximum atomic E-state index is 12.5. The fraction of sp³-hybridized carbons (Fsp3) is 0.242. The number of sulfonamides is 1. The Hall–Kier alpha value is -4.36. The van der Waals surface area contributed by atoms with Gasteiger partial charge in [0.25, 0.3) is 5.91 Å². The summed E-state index contributed by atoms with van der Waals surface area (Å²) in [6.45, 7) is 2.71. The van der Waals surface area contributed by atoms with E-state index in [9.17, 15) is 18.0 Å². The van der Waals surface area contributed by atoms with Crippen molar-refractivity contribution in [2.24, 2.45) is 0 Å². The summed E-state index contributed by atoms with van der Waals surface area (Å²) in [6.07, 6.45) is 4.97. The number of halogens is 2. The van der Waals surface area contributed by atoms with E-state index in [1.165, 1.54) is 18.7 Å². The Morgan fingerprint density at radius 1 is 0.915 bits per heavy atom. The maximum Gasteiger partial charge on any atom is 0.323 e. The highest BCUT2D eigenvalue weighted by Gasteiger charge is 2.21. The second kappa shape index (κ2) is 16.0. The Kier molecular flexibility index (Phi) is 12.1. The van der Waals surface area contributed by atoms with Gasteiger partial charge in [-0.15, -0.1) is 12.4 Å². The Morgan fingerprint density at radius 3 is 2.17 bits per heavy atom. The predicted molar refractivity (Wildman–Crippen MR) is 188 cm³/mol. The zero-order valence-electron chi connectivity index (χ0n) is 25.8. The number of aromatic nitrogens is 1. The Morgan fingerprint density at radius 2 is 1.55 bits per heavy atom. The summed E-state index contributed by atoms with van der Waals surface area (Å²) in [5.41, 5.74) is 4.20. The number of hydrogen-bond donors (Lipinski definition) is 4. The molecule has 0 unspecified atom stereocenters. The number of hydrogen-bond acceptors (Lipinski definition) is 7. The first kappa shape index (κ1) is 35.5. The first-order valence-corrected chi connectivity index (χ1v) is 16.9. The minimum Gasteiger partial charge on any atom is -0.439 e. The number of piperidine rings is 1. The molecule has 248 valence electrons. The lowest BCUT2D eigenvalue weighted by Crippen LogP contribution is -2.32. The molecule has 4 N–H and O–H groups in total. The monoisotopic (exact) mass is 698 g/mol. The molecule has 5 rings (SSSR count). The number of pyridine rings is 1. The lowest BCUT2D eigenvalue weighted by atomic mass is 9.89. The SMILES string of the molecule is CNC(=O)c1cc(NC(=O)Nc2ccc(C3CCN(Cc4ccc(Oc5ccc(NS(C)(=O)=O)cc5)nc4)CC3)cc2)ccc1Cl.Cl. The van der Waals surface area contributed by atoms with Crippen LogP contribution < -0.4 is 25.4 Å². The molecule has 0 radical (unpaired) electrons. The summed E-state index contributed by atoms with van der Waals surface area (Å²) >= 11 is 6.09. The second-order valence-electron chi connectivity index (χ2n) is 11.0. The molecule has 1 saturated heterocycles. The molecule has 3 amide bonds. The number of benzene rings is 3. The Labute approximate surface area is 285 Å². The van der Waals surface area contributed by atoms with Crippen LogP contribution in [0.1, 0.15) is 40.2 Å². The smallest absolute Gasteiger partial charge is 0.323 e. The molecule has 47 heavy (non-hydrogen) atoms. The largest absolute Gasteiger partial charge is 0.439 e. The lowest BCUT2D eigenvalue weighted by molar-refractivity contribution is 0.0963.